The minimum atomic E-state index is -4.62. The van der Waals surface area contributed by atoms with Crippen molar-refractivity contribution in [2.24, 2.45) is 17.3 Å². The number of nitrogens with zero attached hydrogens (tertiary/aromatic N) is 8. The van der Waals surface area contributed by atoms with Crippen LogP contribution in [0.15, 0.2) is 48.5 Å². The molecule has 440 valence electrons. The second-order valence-corrected chi connectivity index (χ2v) is 22.2. The molecule has 5 atom stereocenters. The molecule has 0 aliphatic carbocycles. The summed E-state index contributed by atoms with van der Waals surface area (Å²) in [6.45, 7) is 15.2. The minimum Gasteiger partial charge on any atom is -0.464 e. The Morgan fingerprint density at radius 1 is 1.03 bits per heavy atom. The van der Waals surface area contributed by atoms with Gasteiger partial charge in [-0.15, -0.1) is 11.3 Å². The van der Waals surface area contributed by atoms with E-state index in [-0.39, 0.29) is 118 Å². The average Bonchev–Trinajstić information content (AvgIpc) is 4.12. The number of fused-ring (bicyclic) bond motifs is 6. The van der Waals surface area contributed by atoms with Crippen LogP contribution in [0.1, 0.15) is 76.9 Å². The number of nitrogens with one attached hydrogen (secondary N) is 2. The summed E-state index contributed by atoms with van der Waals surface area (Å²) < 4.78 is 58.3. The summed E-state index contributed by atoms with van der Waals surface area (Å²) in [5.74, 6) is -3.18. The van der Waals surface area contributed by atoms with E-state index in [1.54, 1.807) is 42.8 Å². The van der Waals surface area contributed by atoms with Crippen molar-refractivity contribution in [1.82, 2.24) is 45.0 Å². The fourth-order valence-electron chi connectivity index (χ4n) is 10.8. The third kappa shape index (κ3) is 15.7. The number of halogens is 3. The van der Waals surface area contributed by atoms with Gasteiger partial charge >= 0.3 is 12.1 Å². The highest BCUT2D eigenvalue weighted by molar-refractivity contribution is 7.60. The third-order valence-electron chi connectivity index (χ3n) is 14.8. The molecule has 3 aromatic heterocycles. The number of carbonyl (C=O) groups is 5. The van der Waals surface area contributed by atoms with Gasteiger partial charge in [0.1, 0.15) is 29.7 Å². The Morgan fingerprint density at radius 2 is 1.72 bits per heavy atom. The fraction of sp³-hybridized carbons (Fsp3) is 0.566. The highest BCUT2D eigenvalue weighted by Gasteiger charge is 2.41. The highest BCUT2D eigenvalue weighted by Crippen LogP contribution is 2.44. The van der Waals surface area contributed by atoms with Gasteiger partial charge in [-0.05, 0) is 81.5 Å². The van der Waals surface area contributed by atoms with Crippen LogP contribution in [0.25, 0.3) is 32.7 Å². The Morgan fingerprint density at radius 3 is 2.37 bits per heavy atom. The number of likely N-dealkylation sites (N-methyl/N-ethyl adjacent to an activating group) is 2. The number of methoxy groups -OCH3 is 1. The van der Waals surface area contributed by atoms with E-state index in [4.69, 9.17) is 19.4 Å². The van der Waals surface area contributed by atoms with Crippen molar-refractivity contribution < 1.29 is 46.6 Å². The molecule has 1 aromatic carbocycles. The van der Waals surface area contributed by atoms with E-state index in [9.17, 15) is 24.0 Å². The van der Waals surface area contributed by atoms with E-state index < -0.39 is 66.1 Å². The lowest BCUT2D eigenvalue weighted by Crippen LogP contribution is -2.62. The first-order valence-corrected chi connectivity index (χ1v) is 26.3. The van der Waals surface area contributed by atoms with Gasteiger partial charge in [0, 0.05) is 99.2 Å². The molecule has 7 heterocycles. The van der Waals surface area contributed by atoms with Crippen molar-refractivity contribution in [3.05, 3.63) is 65.4 Å². The SMILES string of the molecule is C=CC(=O)N1CC[C@H](C(=O)N(C)[C@H](C(=O)N[C@H]2Cc3csc(n3)-c3ccc4c(c3)c(c(-c3cc(N5CCN(C)CC5)cnc3[C@H](C)OC)n4CC(F)(F)F)CC(C)(C)COC(=O)[C@@H]3CCCN(N3)C2=O)C(C)C)C1.S.S.S.S.S. The first-order valence-electron chi connectivity index (χ1n) is 25.4. The van der Waals surface area contributed by atoms with Crippen LogP contribution in [0.3, 0.4) is 0 Å². The molecule has 8 rings (SSSR count). The number of ether oxygens (including phenoxy) is 2. The molecular formula is C53H79F3N10O7S6. The molecular weight excluding hydrogens is 1140 g/mol. The number of piperazine rings is 1. The number of aromatic nitrogens is 3. The first kappa shape index (κ1) is 69.1. The van der Waals surface area contributed by atoms with Crippen LogP contribution in [0.2, 0.25) is 0 Å². The van der Waals surface area contributed by atoms with Gasteiger partial charge in [-0.1, -0.05) is 34.3 Å². The van der Waals surface area contributed by atoms with Crippen LogP contribution < -0.4 is 15.6 Å². The van der Waals surface area contributed by atoms with E-state index in [1.807, 2.05) is 46.8 Å². The summed E-state index contributed by atoms with van der Waals surface area (Å²) >= 11 is 1.30. The van der Waals surface area contributed by atoms with Crippen LogP contribution in [-0.2, 0) is 52.8 Å². The Kier molecular flexibility index (Phi) is 25.1. The molecule has 4 amide bonds. The molecule has 4 aromatic rings. The van der Waals surface area contributed by atoms with E-state index in [1.165, 1.54) is 31.9 Å². The summed E-state index contributed by atoms with van der Waals surface area (Å²) in [4.78, 5) is 86.8. The largest absolute Gasteiger partial charge is 0.464 e. The van der Waals surface area contributed by atoms with Crippen molar-refractivity contribution in [2.45, 2.75) is 104 Å². The molecule has 2 N–H and O–H groups in total. The van der Waals surface area contributed by atoms with Gasteiger partial charge in [-0.3, -0.25) is 34.0 Å². The number of esters is 1. The third-order valence-corrected chi connectivity index (χ3v) is 15.7. The molecule has 79 heavy (non-hydrogen) atoms. The zero-order valence-corrected chi connectivity index (χ0v) is 51.9. The summed E-state index contributed by atoms with van der Waals surface area (Å²) in [5, 5.41) is 7.18. The number of pyridine rings is 1. The molecule has 4 aliphatic heterocycles. The van der Waals surface area contributed by atoms with Gasteiger partial charge in [0.25, 0.3) is 5.91 Å². The van der Waals surface area contributed by atoms with Crippen LogP contribution in [0, 0.1) is 17.3 Å². The number of amides is 4. The molecule has 26 heteroatoms. The number of hydrazine groups is 1. The molecule has 3 fully saturated rings. The van der Waals surface area contributed by atoms with Gasteiger partial charge < -0.3 is 39.0 Å². The number of hydrogen-bond donors (Lipinski definition) is 2. The predicted octanol–water partition coefficient (Wildman–Crippen LogP) is 6.58. The number of thiazole rings is 1. The zero-order chi connectivity index (χ0) is 53.4. The summed E-state index contributed by atoms with van der Waals surface area (Å²) in [5.41, 5.74) is 6.37. The normalized spacial score (nSPS) is 20.5. The number of cyclic esters (lactones) is 1. The molecule has 0 spiro atoms. The highest BCUT2D eigenvalue weighted by atomic mass is 32.1. The predicted molar refractivity (Wildman–Crippen MR) is 328 cm³/mol. The number of carbonyl (C=O) groups excluding carboxylic acids is 5. The molecule has 4 aliphatic rings. The van der Waals surface area contributed by atoms with Crippen molar-refractivity contribution in [1.29, 1.82) is 0 Å². The molecule has 0 unspecified atom stereocenters. The van der Waals surface area contributed by atoms with Gasteiger partial charge in [-0.25, -0.2) is 10.4 Å². The average molecular weight is 1220 g/mol. The zero-order valence-electron chi connectivity index (χ0n) is 46.1. The quantitative estimate of drug-likeness (QED) is 0.122. The number of rotatable bonds is 11. The number of alkyl halides is 3. The summed E-state index contributed by atoms with van der Waals surface area (Å²) in [7, 11) is 5.14. The molecule has 0 saturated carbocycles. The van der Waals surface area contributed by atoms with Crippen LogP contribution in [0.5, 0.6) is 0 Å². The van der Waals surface area contributed by atoms with Crippen LogP contribution in [-0.4, -0.2) is 162 Å². The monoisotopic (exact) mass is 1220 g/mol. The number of hydrogen-bond acceptors (Lipinski definition) is 13. The second-order valence-electron chi connectivity index (χ2n) is 21.3. The smallest absolute Gasteiger partial charge is 0.406 e. The van der Waals surface area contributed by atoms with Gasteiger partial charge in [-0.2, -0.15) is 80.6 Å². The number of benzene rings is 1. The molecule has 17 nitrogen and oxygen atoms in total. The van der Waals surface area contributed by atoms with Crippen molar-refractivity contribution in [3.8, 4) is 21.8 Å². The van der Waals surface area contributed by atoms with Crippen LogP contribution in [0.4, 0.5) is 18.9 Å². The Labute approximate surface area is 500 Å². The Balaban J connectivity index is 0.00000328. The van der Waals surface area contributed by atoms with E-state index in [0.29, 0.717) is 88.6 Å². The number of likely N-dealkylation sites (tertiary alicyclic amines) is 1. The van der Waals surface area contributed by atoms with Gasteiger partial charge in [0.05, 0.1) is 47.6 Å². The van der Waals surface area contributed by atoms with Crippen LogP contribution >= 0.6 is 78.8 Å². The minimum absolute atomic E-state index is 0. The topological polar surface area (TPSA) is 175 Å². The van der Waals surface area contributed by atoms with Crippen molar-refractivity contribution in [2.75, 3.05) is 78.5 Å². The summed E-state index contributed by atoms with van der Waals surface area (Å²) in [6, 6.07) is 4.09. The van der Waals surface area contributed by atoms with E-state index >= 15 is 13.2 Å². The maximum absolute atomic E-state index is 15.0. The second kappa shape index (κ2) is 28.7. The van der Waals surface area contributed by atoms with Crippen molar-refractivity contribution in [3.63, 3.8) is 0 Å². The maximum atomic E-state index is 15.0. The lowest BCUT2D eigenvalue weighted by atomic mass is 9.84. The lowest BCUT2D eigenvalue weighted by Gasteiger charge is -2.37. The molecule has 0 radical (unpaired) electrons. The molecule has 6 bridgehead atoms. The van der Waals surface area contributed by atoms with Gasteiger partial charge in [0.2, 0.25) is 17.7 Å². The van der Waals surface area contributed by atoms with E-state index in [0.717, 1.165) is 18.8 Å². The first-order chi connectivity index (χ1) is 35.1. The fourth-order valence-corrected chi connectivity index (χ4v) is 11.6. The maximum Gasteiger partial charge on any atom is 0.406 e. The Hall–Kier alpha value is -4.15. The summed E-state index contributed by atoms with van der Waals surface area (Å²) in [6.07, 6.45) is -0.894. The Bertz CT molecular complexity index is 2790. The van der Waals surface area contributed by atoms with Crippen molar-refractivity contribution >= 4 is 125 Å². The molecule has 3 saturated heterocycles. The lowest BCUT2D eigenvalue weighted by molar-refractivity contribution is -0.155. The standard InChI is InChI=1S/C53H69F3N10O7S.5H2S/c1-10-43(67)64-17-15-34(27-64)49(69)62(8)45(31(2)3)47(68)59-41-23-35-28-74-48(58-35)33-13-14-42-37(22-33)39(25-52(5,6)30-73-51(71)40-12-11-16-66(60-40)50(41)70)46(65(42)29-53(54,55)56)38-24-36(26-57-44(38)32(4)72-9)63-20-18-61(7)19-21-63;;;;;/h10,13-14,22,24,26,28,31-32,34,40-41,45,60H,1,11-12,15-21,23,25,27,29-30H2,2-9H3,(H,59,68);5*1H2/t32-,34-,40-,41-,45-;;;;;/m0...../s1. The number of anilines is 1. The van der Waals surface area contributed by atoms with E-state index in [2.05, 4.69) is 34.2 Å². The van der Waals surface area contributed by atoms with Gasteiger partial charge in [0.15, 0.2) is 0 Å².